The molecule has 0 amide bonds. The van der Waals surface area contributed by atoms with Crippen molar-refractivity contribution < 1.29 is 4.42 Å². The topological polar surface area (TPSA) is 16.4 Å². The number of anilines is 3. The first-order valence-electron chi connectivity index (χ1n) is 20.5. The minimum Gasteiger partial charge on any atom is -0.456 e. The molecule has 0 aliphatic heterocycles. The van der Waals surface area contributed by atoms with Crippen LogP contribution in [0.25, 0.3) is 88.3 Å². The van der Waals surface area contributed by atoms with Crippen molar-refractivity contribution in [3.8, 4) is 55.6 Å². The van der Waals surface area contributed by atoms with Crippen molar-refractivity contribution in [2.45, 2.75) is 0 Å². The Kier molecular flexibility index (Phi) is 8.87. The van der Waals surface area contributed by atoms with Gasteiger partial charge in [-0.3, -0.25) is 0 Å². The van der Waals surface area contributed by atoms with Crippen molar-refractivity contribution in [1.82, 2.24) is 0 Å². The van der Waals surface area contributed by atoms with E-state index in [9.17, 15) is 0 Å². The highest BCUT2D eigenvalue weighted by atomic mass is 16.3. The van der Waals surface area contributed by atoms with E-state index in [0.29, 0.717) is 0 Å². The zero-order valence-corrected chi connectivity index (χ0v) is 32.9. The Hall–Kier alpha value is -7.94. The van der Waals surface area contributed by atoms with Gasteiger partial charge >= 0.3 is 0 Å². The van der Waals surface area contributed by atoms with Crippen LogP contribution in [0.4, 0.5) is 17.1 Å². The number of furan rings is 1. The second kappa shape index (κ2) is 15.1. The quantitative estimate of drug-likeness (QED) is 0.153. The third-order valence-electron chi connectivity index (χ3n) is 11.7. The van der Waals surface area contributed by atoms with E-state index >= 15 is 0 Å². The molecule has 0 unspecified atom stereocenters. The summed E-state index contributed by atoms with van der Waals surface area (Å²) < 4.78 is 6.21. The molecule has 0 saturated carbocycles. The summed E-state index contributed by atoms with van der Waals surface area (Å²) in [6, 6.07) is 84.9. The van der Waals surface area contributed by atoms with Crippen molar-refractivity contribution in [1.29, 1.82) is 0 Å². The third kappa shape index (κ3) is 6.51. The van der Waals surface area contributed by atoms with E-state index in [2.05, 4.69) is 229 Å². The van der Waals surface area contributed by atoms with Crippen molar-refractivity contribution in [2.24, 2.45) is 0 Å². The number of hydrogen-bond donors (Lipinski definition) is 0. The molecule has 2 heteroatoms. The second-order valence-electron chi connectivity index (χ2n) is 15.3. The molecular weight excluding hydrogens is 727 g/mol. The van der Waals surface area contributed by atoms with Gasteiger partial charge in [0.25, 0.3) is 0 Å². The van der Waals surface area contributed by atoms with Gasteiger partial charge in [0.05, 0.1) is 0 Å². The van der Waals surface area contributed by atoms with Crippen molar-refractivity contribution in [2.75, 3.05) is 4.90 Å². The van der Waals surface area contributed by atoms with Crippen LogP contribution in [-0.2, 0) is 0 Å². The van der Waals surface area contributed by atoms with Crippen LogP contribution in [0.3, 0.4) is 0 Å². The predicted octanol–water partition coefficient (Wildman–Crippen LogP) is 16.5. The largest absolute Gasteiger partial charge is 0.456 e. The summed E-state index contributed by atoms with van der Waals surface area (Å²) in [6.45, 7) is 0. The van der Waals surface area contributed by atoms with Crippen molar-refractivity contribution in [3.63, 3.8) is 0 Å². The number of benzene rings is 10. The van der Waals surface area contributed by atoms with E-state index in [1.165, 1.54) is 49.7 Å². The number of hydrogen-bond acceptors (Lipinski definition) is 2. The Labute approximate surface area is 349 Å². The second-order valence-corrected chi connectivity index (χ2v) is 15.3. The lowest BCUT2D eigenvalue weighted by molar-refractivity contribution is 0.669. The highest BCUT2D eigenvalue weighted by Crippen LogP contribution is 2.42. The van der Waals surface area contributed by atoms with Crippen LogP contribution >= 0.6 is 0 Å². The molecular formula is C58H39NO. The van der Waals surface area contributed by atoms with Gasteiger partial charge in [-0.25, -0.2) is 0 Å². The molecule has 1 aromatic heterocycles. The lowest BCUT2D eigenvalue weighted by Crippen LogP contribution is -2.10. The Bertz CT molecular complexity index is 3290. The van der Waals surface area contributed by atoms with Gasteiger partial charge in [-0.1, -0.05) is 176 Å². The van der Waals surface area contributed by atoms with Crippen LogP contribution in [-0.4, -0.2) is 0 Å². The first-order chi connectivity index (χ1) is 29.7. The summed E-state index contributed by atoms with van der Waals surface area (Å²) in [5.74, 6) is 0. The van der Waals surface area contributed by atoms with E-state index in [4.69, 9.17) is 4.42 Å². The Morgan fingerprint density at radius 3 is 1.57 bits per heavy atom. The van der Waals surface area contributed by atoms with Crippen LogP contribution in [0.15, 0.2) is 241 Å². The van der Waals surface area contributed by atoms with Crippen LogP contribution < -0.4 is 4.90 Å². The first kappa shape index (κ1) is 35.2. The Morgan fingerprint density at radius 2 is 0.783 bits per heavy atom. The van der Waals surface area contributed by atoms with Gasteiger partial charge in [-0.05, 0) is 127 Å². The number of rotatable bonds is 8. The monoisotopic (exact) mass is 765 g/mol. The minimum absolute atomic E-state index is 0.898. The van der Waals surface area contributed by atoms with E-state index < -0.39 is 0 Å². The SMILES string of the molecule is c1ccc(-c2cccc(N(c3ccc(-c4ccc(-c5ccccc5)c(-c5ccc6oc7ccccc7c6c5)c4)cc3)c3ccc(-c4cccc5ccccc45)cc3)c2)cc1. The Morgan fingerprint density at radius 1 is 0.250 bits per heavy atom. The van der Waals surface area contributed by atoms with Gasteiger partial charge in [-0.15, -0.1) is 0 Å². The first-order valence-corrected chi connectivity index (χ1v) is 20.5. The molecule has 2 nitrogen and oxygen atoms in total. The van der Waals surface area contributed by atoms with Gasteiger partial charge in [0, 0.05) is 27.8 Å². The van der Waals surface area contributed by atoms with Gasteiger partial charge in [0.2, 0.25) is 0 Å². The third-order valence-corrected chi connectivity index (χ3v) is 11.7. The molecule has 10 aromatic carbocycles. The molecule has 60 heavy (non-hydrogen) atoms. The molecule has 1 heterocycles. The highest BCUT2D eigenvalue weighted by Gasteiger charge is 2.17. The lowest BCUT2D eigenvalue weighted by atomic mass is 9.90. The van der Waals surface area contributed by atoms with Gasteiger partial charge in [0.15, 0.2) is 0 Å². The van der Waals surface area contributed by atoms with E-state index in [-0.39, 0.29) is 0 Å². The maximum atomic E-state index is 6.21. The van der Waals surface area contributed by atoms with Crippen molar-refractivity contribution in [3.05, 3.63) is 237 Å². The van der Waals surface area contributed by atoms with E-state index in [1.54, 1.807) is 0 Å². The van der Waals surface area contributed by atoms with Gasteiger partial charge < -0.3 is 9.32 Å². The van der Waals surface area contributed by atoms with E-state index in [1.807, 2.05) is 12.1 Å². The molecule has 0 radical (unpaired) electrons. The zero-order valence-electron chi connectivity index (χ0n) is 32.9. The maximum absolute atomic E-state index is 6.21. The van der Waals surface area contributed by atoms with E-state index in [0.717, 1.165) is 55.7 Å². The summed E-state index contributed by atoms with van der Waals surface area (Å²) in [6.07, 6.45) is 0. The van der Waals surface area contributed by atoms with Crippen LogP contribution in [0.5, 0.6) is 0 Å². The predicted molar refractivity (Wildman–Crippen MR) is 253 cm³/mol. The number of nitrogens with zero attached hydrogens (tertiary/aromatic N) is 1. The summed E-state index contributed by atoms with van der Waals surface area (Å²) in [4.78, 5) is 2.36. The molecule has 0 aliphatic rings. The highest BCUT2D eigenvalue weighted by molar-refractivity contribution is 6.07. The Balaban J connectivity index is 1.00. The maximum Gasteiger partial charge on any atom is 0.135 e. The normalized spacial score (nSPS) is 11.3. The fourth-order valence-corrected chi connectivity index (χ4v) is 8.70. The summed E-state index contributed by atoms with van der Waals surface area (Å²) in [5, 5.41) is 4.75. The molecule has 0 aliphatic carbocycles. The minimum atomic E-state index is 0.898. The molecule has 11 rings (SSSR count). The molecule has 0 spiro atoms. The molecule has 0 saturated heterocycles. The lowest BCUT2D eigenvalue weighted by Gasteiger charge is -2.26. The molecule has 0 bridgehead atoms. The molecule has 0 fully saturated rings. The molecule has 0 atom stereocenters. The zero-order chi connectivity index (χ0) is 39.8. The van der Waals surface area contributed by atoms with Crippen LogP contribution in [0.2, 0.25) is 0 Å². The van der Waals surface area contributed by atoms with Crippen molar-refractivity contribution >= 4 is 49.8 Å². The number of para-hydroxylation sites is 1. The standard InChI is InChI=1S/C58H39NO/c1-3-13-40(14-4-1)45-19-11-20-50(37-45)59(49-33-27-44(28-34-49)52-23-12-18-43-17-7-8-21-51(43)52)48-31-25-41(26-32-48)46-29-35-53(42-15-5-2-6-16-42)55(38-46)47-30-36-58-56(39-47)54-22-9-10-24-57(54)60-58/h1-39H. The summed E-state index contributed by atoms with van der Waals surface area (Å²) in [7, 11) is 0. The molecule has 0 N–H and O–H groups in total. The fourth-order valence-electron chi connectivity index (χ4n) is 8.70. The number of fused-ring (bicyclic) bond motifs is 4. The fraction of sp³-hybridized carbons (Fsp3) is 0. The van der Waals surface area contributed by atoms with Gasteiger partial charge in [-0.2, -0.15) is 0 Å². The molecule has 11 aromatic rings. The average Bonchev–Trinajstić information content (AvgIpc) is 3.70. The molecule has 282 valence electrons. The summed E-state index contributed by atoms with van der Waals surface area (Å²) in [5.41, 5.74) is 16.9. The average molecular weight is 766 g/mol. The summed E-state index contributed by atoms with van der Waals surface area (Å²) >= 11 is 0. The van der Waals surface area contributed by atoms with Crippen LogP contribution in [0, 0.1) is 0 Å². The smallest absolute Gasteiger partial charge is 0.135 e. The van der Waals surface area contributed by atoms with Gasteiger partial charge in [0.1, 0.15) is 11.2 Å². The van der Waals surface area contributed by atoms with Crippen LogP contribution in [0.1, 0.15) is 0 Å².